The van der Waals surface area contributed by atoms with Gasteiger partial charge in [0.25, 0.3) is 0 Å². The Morgan fingerprint density at radius 2 is 1.83 bits per heavy atom. The van der Waals surface area contributed by atoms with Crippen molar-refractivity contribution in [2.75, 3.05) is 27.4 Å². The molecule has 0 aromatic carbocycles. The number of aliphatic hydroxyl groups is 3. The fraction of sp³-hybridized carbons (Fsp3) is 1.00. The number of methoxy groups -OCH3 is 2. The van der Waals surface area contributed by atoms with Crippen LogP contribution in [0, 0.1) is 0 Å². The van der Waals surface area contributed by atoms with E-state index >= 15 is 0 Å². The Morgan fingerprint density at radius 3 is 2.17 bits per heavy atom. The van der Waals surface area contributed by atoms with Crippen molar-refractivity contribution in [2.45, 2.75) is 18.3 Å². The molecule has 0 saturated heterocycles. The van der Waals surface area contributed by atoms with Crippen molar-refractivity contribution in [1.29, 1.82) is 0 Å². The summed E-state index contributed by atoms with van der Waals surface area (Å²) in [4.78, 5) is 0. The summed E-state index contributed by atoms with van der Waals surface area (Å²) in [7, 11) is 2.76. The summed E-state index contributed by atoms with van der Waals surface area (Å²) in [5.41, 5.74) is 0. The van der Waals surface area contributed by atoms with Gasteiger partial charge >= 0.3 is 0 Å². The van der Waals surface area contributed by atoms with Crippen LogP contribution in [0.3, 0.4) is 0 Å². The molecular formula is C7H16O5. The van der Waals surface area contributed by atoms with Crippen molar-refractivity contribution in [1.82, 2.24) is 0 Å². The van der Waals surface area contributed by atoms with Gasteiger partial charge in [-0.2, -0.15) is 0 Å². The quantitative estimate of drug-likeness (QED) is 0.457. The lowest BCUT2D eigenvalue weighted by atomic mass is 10.1. The zero-order chi connectivity index (χ0) is 9.56. The average Bonchev–Trinajstić information content (AvgIpc) is 2.07. The molecule has 0 aliphatic carbocycles. The number of ether oxygens (including phenoxy) is 2. The monoisotopic (exact) mass is 180 g/mol. The molecule has 74 valence electrons. The van der Waals surface area contributed by atoms with Gasteiger partial charge in [0.05, 0.1) is 13.2 Å². The Morgan fingerprint density at radius 1 is 1.25 bits per heavy atom. The topological polar surface area (TPSA) is 79.2 Å². The lowest BCUT2D eigenvalue weighted by Crippen LogP contribution is -2.42. The Labute approximate surface area is 71.5 Å². The van der Waals surface area contributed by atoms with Gasteiger partial charge in [-0.3, -0.25) is 0 Å². The van der Waals surface area contributed by atoms with Crippen LogP contribution in [0.25, 0.3) is 0 Å². The summed E-state index contributed by atoms with van der Waals surface area (Å²) < 4.78 is 9.33. The third-order valence-corrected chi connectivity index (χ3v) is 1.60. The molecule has 0 heterocycles. The minimum absolute atomic E-state index is 0.0149. The van der Waals surface area contributed by atoms with E-state index in [1.54, 1.807) is 0 Å². The molecule has 0 bridgehead atoms. The van der Waals surface area contributed by atoms with Crippen LogP contribution in [0.2, 0.25) is 0 Å². The fourth-order valence-electron chi connectivity index (χ4n) is 0.839. The van der Waals surface area contributed by atoms with Crippen LogP contribution in [0.1, 0.15) is 0 Å². The molecule has 0 rings (SSSR count). The second kappa shape index (κ2) is 6.33. The van der Waals surface area contributed by atoms with Crippen LogP contribution in [-0.4, -0.2) is 61.1 Å². The van der Waals surface area contributed by atoms with E-state index in [-0.39, 0.29) is 13.2 Å². The molecular weight excluding hydrogens is 164 g/mol. The van der Waals surface area contributed by atoms with Crippen molar-refractivity contribution in [2.24, 2.45) is 0 Å². The molecule has 0 aliphatic heterocycles. The molecule has 0 saturated carbocycles. The zero-order valence-electron chi connectivity index (χ0n) is 7.30. The molecule has 0 aliphatic rings. The van der Waals surface area contributed by atoms with Gasteiger partial charge in [0.2, 0.25) is 0 Å². The number of rotatable bonds is 6. The van der Waals surface area contributed by atoms with Crippen LogP contribution >= 0.6 is 0 Å². The van der Waals surface area contributed by atoms with E-state index in [4.69, 9.17) is 9.84 Å². The molecule has 5 nitrogen and oxygen atoms in total. The van der Waals surface area contributed by atoms with Crippen LogP contribution in [0.5, 0.6) is 0 Å². The maximum Gasteiger partial charge on any atom is 0.110 e. The maximum atomic E-state index is 9.29. The summed E-state index contributed by atoms with van der Waals surface area (Å²) in [5.74, 6) is 0. The zero-order valence-corrected chi connectivity index (χ0v) is 7.30. The molecule has 0 fully saturated rings. The van der Waals surface area contributed by atoms with E-state index in [0.29, 0.717) is 0 Å². The van der Waals surface area contributed by atoms with E-state index in [1.165, 1.54) is 14.2 Å². The Balaban J connectivity index is 3.87. The van der Waals surface area contributed by atoms with Crippen molar-refractivity contribution in [3.63, 3.8) is 0 Å². The number of hydrogen-bond donors (Lipinski definition) is 3. The second-order valence-corrected chi connectivity index (χ2v) is 2.47. The van der Waals surface area contributed by atoms with Gasteiger partial charge in [-0.1, -0.05) is 0 Å². The van der Waals surface area contributed by atoms with Gasteiger partial charge in [0.1, 0.15) is 18.3 Å². The third-order valence-electron chi connectivity index (χ3n) is 1.60. The molecule has 0 aromatic rings. The molecule has 0 aromatic heterocycles. The maximum absolute atomic E-state index is 9.29. The SMILES string of the molecule is COC[C@@H](O)[C@@H](O)[C@@H](CO)OC. The highest BCUT2D eigenvalue weighted by Crippen LogP contribution is 2.03. The normalized spacial score (nSPS) is 18.8. The summed E-state index contributed by atoms with van der Waals surface area (Å²) in [6.45, 7) is -0.320. The van der Waals surface area contributed by atoms with Crippen LogP contribution in [0.15, 0.2) is 0 Å². The highest BCUT2D eigenvalue weighted by Gasteiger charge is 2.25. The van der Waals surface area contributed by atoms with E-state index < -0.39 is 18.3 Å². The van der Waals surface area contributed by atoms with Crippen molar-refractivity contribution in [3.05, 3.63) is 0 Å². The predicted octanol–water partition coefficient (Wildman–Crippen LogP) is -1.64. The van der Waals surface area contributed by atoms with Crippen LogP contribution < -0.4 is 0 Å². The first-order valence-electron chi connectivity index (χ1n) is 3.66. The summed E-state index contributed by atoms with van der Waals surface area (Å²) in [6, 6.07) is 0. The Bertz CT molecular complexity index is 104. The first kappa shape index (κ1) is 11.8. The van der Waals surface area contributed by atoms with Crippen molar-refractivity contribution >= 4 is 0 Å². The van der Waals surface area contributed by atoms with Crippen molar-refractivity contribution < 1.29 is 24.8 Å². The molecule has 3 N–H and O–H groups in total. The van der Waals surface area contributed by atoms with Gasteiger partial charge in [0, 0.05) is 14.2 Å². The first-order chi connectivity index (χ1) is 5.67. The number of aliphatic hydroxyl groups excluding tert-OH is 3. The van der Waals surface area contributed by atoms with E-state index in [2.05, 4.69) is 4.74 Å². The fourth-order valence-corrected chi connectivity index (χ4v) is 0.839. The van der Waals surface area contributed by atoms with E-state index in [1.807, 2.05) is 0 Å². The lowest BCUT2D eigenvalue weighted by Gasteiger charge is -2.23. The molecule has 0 radical (unpaired) electrons. The van der Waals surface area contributed by atoms with Crippen LogP contribution in [-0.2, 0) is 9.47 Å². The minimum atomic E-state index is -1.13. The Hall–Kier alpha value is -0.200. The third kappa shape index (κ3) is 3.46. The molecule has 5 heteroatoms. The molecule has 0 amide bonds. The highest BCUT2D eigenvalue weighted by molar-refractivity contribution is 4.75. The number of hydrogen-bond acceptors (Lipinski definition) is 5. The summed E-state index contributed by atoms with van der Waals surface area (Å²) in [5, 5.41) is 27.2. The molecule has 12 heavy (non-hydrogen) atoms. The first-order valence-corrected chi connectivity index (χ1v) is 3.66. The van der Waals surface area contributed by atoms with Gasteiger partial charge in [-0.25, -0.2) is 0 Å². The Kier molecular flexibility index (Phi) is 6.23. The predicted molar refractivity (Wildman–Crippen MR) is 41.8 cm³/mol. The van der Waals surface area contributed by atoms with Crippen molar-refractivity contribution in [3.8, 4) is 0 Å². The molecule has 0 unspecified atom stereocenters. The summed E-state index contributed by atoms with van der Waals surface area (Å²) in [6.07, 6.45) is -2.93. The van der Waals surface area contributed by atoms with Gasteiger partial charge in [-0.15, -0.1) is 0 Å². The highest BCUT2D eigenvalue weighted by atomic mass is 16.5. The smallest absolute Gasteiger partial charge is 0.110 e. The largest absolute Gasteiger partial charge is 0.394 e. The second-order valence-electron chi connectivity index (χ2n) is 2.47. The minimum Gasteiger partial charge on any atom is -0.394 e. The molecule has 3 atom stereocenters. The standard InChI is InChI=1S/C7H16O5/c1-11-4-5(9)7(10)6(3-8)12-2/h5-10H,3-4H2,1-2H3/t5-,6-,7-/m1/s1. The average molecular weight is 180 g/mol. The van der Waals surface area contributed by atoms with E-state index in [0.717, 1.165) is 0 Å². The van der Waals surface area contributed by atoms with Gasteiger partial charge in [0.15, 0.2) is 0 Å². The van der Waals surface area contributed by atoms with Gasteiger partial charge < -0.3 is 24.8 Å². The summed E-state index contributed by atoms with van der Waals surface area (Å²) >= 11 is 0. The molecule has 0 spiro atoms. The van der Waals surface area contributed by atoms with E-state index in [9.17, 15) is 10.2 Å². The van der Waals surface area contributed by atoms with Crippen LogP contribution in [0.4, 0.5) is 0 Å². The van der Waals surface area contributed by atoms with Gasteiger partial charge in [-0.05, 0) is 0 Å². The lowest BCUT2D eigenvalue weighted by molar-refractivity contribution is -0.108.